The van der Waals surface area contributed by atoms with Gasteiger partial charge in [-0.15, -0.1) is 0 Å². The molecule has 6 rings (SSSR count). The van der Waals surface area contributed by atoms with E-state index < -0.39 is 15.7 Å². The number of rotatable bonds is 3. The Hall–Kier alpha value is -3.63. The summed E-state index contributed by atoms with van der Waals surface area (Å²) in [6, 6.07) is 12.2. The minimum absolute atomic E-state index is 0.00541. The van der Waals surface area contributed by atoms with E-state index in [-0.39, 0.29) is 17.3 Å². The Balaban J connectivity index is 1.61. The van der Waals surface area contributed by atoms with E-state index in [4.69, 9.17) is 9.72 Å². The molecule has 0 bridgehead atoms. The van der Waals surface area contributed by atoms with Crippen molar-refractivity contribution in [2.75, 3.05) is 48.4 Å². The molecule has 4 aromatic rings. The summed E-state index contributed by atoms with van der Waals surface area (Å²) < 4.78 is 46.9. The lowest BCUT2D eigenvalue weighted by Gasteiger charge is -2.35. The van der Waals surface area contributed by atoms with Crippen LogP contribution in [0.3, 0.4) is 0 Å². The SMILES string of the molecule is Cc1c(-c2ccccn2)nc2cccc(F)c2c1N1CCS(=O)(=O)c2ncc(N3CCOCC3)cc21. The van der Waals surface area contributed by atoms with E-state index >= 15 is 4.39 Å². The van der Waals surface area contributed by atoms with E-state index in [1.165, 1.54) is 6.07 Å². The normalized spacial score (nSPS) is 17.3. The summed E-state index contributed by atoms with van der Waals surface area (Å²) in [6.07, 6.45) is 3.29. The van der Waals surface area contributed by atoms with Crippen LogP contribution in [-0.4, -0.2) is 62.0 Å². The lowest BCUT2D eigenvalue weighted by molar-refractivity contribution is 0.122. The summed E-state index contributed by atoms with van der Waals surface area (Å²) in [7, 11) is -3.59. The Morgan fingerprint density at radius 2 is 1.86 bits per heavy atom. The molecule has 8 nitrogen and oxygen atoms in total. The molecule has 2 aliphatic rings. The maximum absolute atomic E-state index is 15.4. The Morgan fingerprint density at radius 1 is 1.03 bits per heavy atom. The maximum Gasteiger partial charge on any atom is 0.199 e. The van der Waals surface area contributed by atoms with Crippen LogP contribution in [0.1, 0.15) is 5.56 Å². The quantitative estimate of drug-likeness (QED) is 0.414. The number of nitrogens with zero attached hydrogens (tertiary/aromatic N) is 5. The number of hydrogen-bond donors (Lipinski definition) is 0. The first kappa shape index (κ1) is 22.8. The van der Waals surface area contributed by atoms with Crippen molar-refractivity contribution in [3.05, 3.63) is 66.2 Å². The molecule has 184 valence electrons. The molecule has 0 aliphatic carbocycles. The smallest absolute Gasteiger partial charge is 0.199 e. The Morgan fingerprint density at radius 3 is 2.64 bits per heavy atom. The Kier molecular flexibility index (Phi) is 5.57. The molecule has 0 N–H and O–H groups in total. The molecule has 36 heavy (non-hydrogen) atoms. The van der Waals surface area contributed by atoms with E-state index in [0.717, 1.165) is 5.69 Å². The number of hydrogen-bond acceptors (Lipinski definition) is 8. The van der Waals surface area contributed by atoms with E-state index in [9.17, 15) is 8.42 Å². The van der Waals surface area contributed by atoms with E-state index in [1.807, 2.05) is 36.1 Å². The number of sulfone groups is 1. The first-order valence-corrected chi connectivity index (χ1v) is 13.4. The van der Waals surface area contributed by atoms with Crippen LogP contribution in [0.4, 0.5) is 21.5 Å². The summed E-state index contributed by atoms with van der Waals surface area (Å²) in [5.41, 5.74) is 4.30. The van der Waals surface area contributed by atoms with Crippen LogP contribution >= 0.6 is 0 Å². The zero-order valence-electron chi connectivity index (χ0n) is 19.7. The van der Waals surface area contributed by atoms with E-state index in [2.05, 4.69) is 14.9 Å². The van der Waals surface area contributed by atoms with Gasteiger partial charge in [-0.05, 0) is 37.3 Å². The van der Waals surface area contributed by atoms with Crippen LogP contribution in [0.15, 0.2) is 59.9 Å². The average Bonchev–Trinajstić information content (AvgIpc) is 2.90. The van der Waals surface area contributed by atoms with Crippen LogP contribution < -0.4 is 9.80 Å². The molecule has 0 spiro atoms. The first-order chi connectivity index (χ1) is 17.4. The highest BCUT2D eigenvalue weighted by molar-refractivity contribution is 7.91. The van der Waals surface area contributed by atoms with Gasteiger partial charge in [-0.1, -0.05) is 12.1 Å². The molecule has 0 radical (unpaired) electrons. The third-order valence-corrected chi connectivity index (χ3v) is 8.34. The van der Waals surface area contributed by atoms with Gasteiger partial charge in [0, 0.05) is 31.4 Å². The number of benzene rings is 1. The van der Waals surface area contributed by atoms with Gasteiger partial charge >= 0.3 is 0 Å². The van der Waals surface area contributed by atoms with Crippen molar-refractivity contribution in [1.82, 2.24) is 15.0 Å². The summed E-state index contributed by atoms with van der Waals surface area (Å²) in [4.78, 5) is 17.6. The molecule has 1 fully saturated rings. The lowest BCUT2D eigenvalue weighted by atomic mass is 10.0. The van der Waals surface area contributed by atoms with Crippen molar-refractivity contribution in [3.63, 3.8) is 0 Å². The lowest BCUT2D eigenvalue weighted by Crippen LogP contribution is -2.37. The zero-order valence-corrected chi connectivity index (χ0v) is 20.5. The fraction of sp³-hybridized carbons (Fsp3) is 0.269. The van der Waals surface area contributed by atoms with Crippen molar-refractivity contribution in [2.24, 2.45) is 0 Å². The Labute approximate surface area is 208 Å². The van der Waals surface area contributed by atoms with Crippen LogP contribution in [0, 0.1) is 12.7 Å². The molecule has 10 heteroatoms. The summed E-state index contributed by atoms with van der Waals surface area (Å²) >= 11 is 0. The van der Waals surface area contributed by atoms with Gasteiger partial charge in [0.1, 0.15) is 5.82 Å². The third-order valence-electron chi connectivity index (χ3n) is 6.71. The second-order valence-corrected chi connectivity index (χ2v) is 10.9. The molecule has 1 saturated heterocycles. The molecule has 0 atom stereocenters. The fourth-order valence-electron chi connectivity index (χ4n) is 4.95. The van der Waals surface area contributed by atoms with Crippen molar-refractivity contribution < 1.29 is 17.5 Å². The van der Waals surface area contributed by atoms with Gasteiger partial charge < -0.3 is 14.5 Å². The predicted octanol–water partition coefficient (Wildman–Crippen LogP) is 3.90. The highest BCUT2D eigenvalue weighted by Crippen LogP contribution is 2.44. The minimum atomic E-state index is -3.59. The number of pyridine rings is 3. The Bertz CT molecular complexity index is 1570. The molecule has 3 aromatic heterocycles. The molecule has 0 saturated carbocycles. The maximum atomic E-state index is 15.4. The molecule has 5 heterocycles. The highest BCUT2D eigenvalue weighted by Gasteiger charge is 2.34. The van der Waals surface area contributed by atoms with Gasteiger partial charge in [0.05, 0.1) is 64.5 Å². The second kappa shape index (κ2) is 8.79. The molecular formula is C26H24FN5O3S. The minimum Gasteiger partial charge on any atom is -0.378 e. The summed E-state index contributed by atoms with van der Waals surface area (Å²) in [6.45, 7) is 4.59. The standard InChI is InChI=1S/C26H24FN5O3S/c1-17-24(21-6-2-3-8-28-21)30-20-7-4-5-19(27)23(20)25(17)32-11-14-36(33,34)26-22(32)15-18(16-29-26)31-9-12-35-13-10-31/h2-8,15-16H,9-14H2,1H3. The summed E-state index contributed by atoms with van der Waals surface area (Å²) in [5.74, 6) is -0.543. The van der Waals surface area contributed by atoms with Gasteiger partial charge in [-0.25, -0.2) is 22.8 Å². The van der Waals surface area contributed by atoms with Crippen molar-refractivity contribution >= 4 is 37.8 Å². The topological polar surface area (TPSA) is 88.5 Å². The van der Waals surface area contributed by atoms with E-state index in [0.29, 0.717) is 65.5 Å². The highest BCUT2D eigenvalue weighted by atomic mass is 32.2. The first-order valence-electron chi connectivity index (χ1n) is 11.8. The summed E-state index contributed by atoms with van der Waals surface area (Å²) in [5, 5.41) is 0.350. The number of aromatic nitrogens is 3. The number of morpholine rings is 1. The van der Waals surface area contributed by atoms with Crippen molar-refractivity contribution in [3.8, 4) is 11.4 Å². The molecule has 1 aromatic carbocycles. The van der Waals surface area contributed by atoms with Crippen molar-refractivity contribution in [1.29, 1.82) is 0 Å². The predicted molar refractivity (Wildman–Crippen MR) is 136 cm³/mol. The molecule has 2 aliphatic heterocycles. The van der Waals surface area contributed by atoms with Gasteiger partial charge in [0.15, 0.2) is 14.9 Å². The van der Waals surface area contributed by atoms with Crippen molar-refractivity contribution in [2.45, 2.75) is 11.9 Å². The number of ether oxygens (including phenoxy) is 1. The van der Waals surface area contributed by atoms with Gasteiger partial charge in [0.2, 0.25) is 0 Å². The third kappa shape index (κ3) is 3.77. The zero-order chi connectivity index (χ0) is 24.9. The monoisotopic (exact) mass is 505 g/mol. The number of anilines is 3. The average molecular weight is 506 g/mol. The van der Waals surface area contributed by atoms with Crippen LogP contribution in [0.5, 0.6) is 0 Å². The van der Waals surface area contributed by atoms with Gasteiger partial charge in [-0.2, -0.15) is 0 Å². The molecule has 0 amide bonds. The molecular weight excluding hydrogens is 481 g/mol. The van der Waals surface area contributed by atoms with Gasteiger partial charge in [0.25, 0.3) is 0 Å². The molecule has 0 unspecified atom stereocenters. The van der Waals surface area contributed by atoms with Gasteiger partial charge in [-0.3, -0.25) is 4.98 Å². The van der Waals surface area contributed by atoms with Crippen LogP contribution in [0.25, 0.3) is 22.3 Å². The van der Waals surface area contributed by atoms with E-state index in [1.54, 1.807) is 24.5 Å². The van der Waals surface area contributed by atoms with Crippen LogP contribution in [-0.2, 0) is 14.6 Å². The number of halogens is 1. The second-order valence-electron chi connectivity index (χ2n) is 8.87. The fourth-order valence-corrected chi connectivity index (χ4v) is 6.27. The number of fused-ring (bicyclic) bond motifs is 2. The van der Waals surface area contributed by atoms with Crippen LogP contribution in [0.2, 0.25) is 0 Å². The largest absolute Gasteiger partial charge is 0.378 e.